The minimum Gasteiger partial charge on any atom is -0.444 e. The van der Waals surface area contributed by atoms with Gasteiger partial charge in [-0.05, 0) is 33.8 Å². The van der Waals surface area contributed by atoms with E-state index in [0.717, 1.165) is 6.08 Å². The minimum absolute atomic E-state index is 0.00467. The van der Waals surface area contributed by atoms with Crippen LogP contribution in [-0.2, 0) is 19.0 Å². The number of rotatable bonds is 2. The predicted molar refractivity (Wildman–Crippen MR) is 71.2 cm³/mol. The predicted octanol–water partition coefficient (Wildman–Crippen LogP) is 2.77. The molecule has 0 aromatic rings. The van der Waals surface area contributed by atoms with E-state index >= 15 is 0 Å². The van der Waals surface area contributed by atoms with E-state index in [1.165, 1.54) is 11.8 Å². The van der Waals surface area contributed by atoms with Crippen molar-refractivity contribution in [2.75, 3.05) is 6.54 Å². The monoisotopic (exact) mass is 345 g/mol. The van der Waals surface area contributed by atoms with E-state index in [2.05, 4.69) is 4.18 Å². The third-order valence-corrected chi connectivity index (χ3v) is 3.65. The molecule has 0 N–H and O–H groups in total. The number of alkyl halides is 3. The second kappa shape index (κ2) is 5.98. The van der Waals surface area contributed by atoms with Crippen molar-refractivity contribution >= 4 is 16.2 Å². The van der Waals surface area contributed by atoms with E-state index in [1.54, 1.807) is 20.8 Å². The molecule has 0 fully saturated rings. The van der Waals surface area contributed by atoms with Gasteiger partial charge in [0, 0.05) is 13.0 Å². The molecular weight excluding hydrogens is 327 g/mol. The number of carbonyl (C=O) groups is 1. The van der Waals surface area contributed by atoms with Gasteiger partial charge in [0.25, 0.3) is 0 Å². The molecule has 0 aromatic heterocycles. The molecule has 0 saturated carbocycles. The lowest BCUT2D eigenvalue weighted by Gasteiger charge is -2.33. The van der Waals surface area contributed by atoms with Crippen molar-refractivity contribution in [1.29, 1.82) is 0 Å². The first kappa shape index (κ1) is 18.6. The normalized spacial score (nSPS) is 20.4. The third-order valence-electron chi connectivity index (χ3n) is 2.65. The van der Waals surface area contributed by atoms with E-state index < -0.39 is 33.4 Å². The molecule has 1 rings (SSSR count). The van der Waals surface area contributed by atoms with Crippen LogP contribution in [0.3, 0.4) is 0 Å². The topological polar surface area (TPSA) is 72.9 Å². The zero-order valence-electron chi connectivity index (χ0n) is 12.6. The molecule has 1 aliphatic heterocycles. The van der Waals surface area contributed by atoms with Crippen molar-refractivity contribution < 1.29 is 35.3 Å². The molecule has 0 bridgehead atoms. The summed E-state index contributed by atoms with van der Waals surface area (Å²) in [5, 5.41) is 0. The first-order valence-electron chi connectivity index (χ1n) is 6.44. The summed E-state index contributed by atoms with van der Waals surface area (Å²) in [4.78, 5) is 13.2. The van der Waals surface area contributed by atoms with Gasteiger partial charge in [-0.1, -0.05) is 0 Å². The maximum absolute atomic E-state index is 12.3. The van der Waals surface area contributed by atoms with Crippen LogP contribution in [0.25, 0.3) is 0 Å². The summed E-state index contributed by atoms with van der Waals surface area (Å²) in [6.45, 7) is 6.56. The van der Waals surface area contributed by atoms with Gasteiger partial charge < -0.3 is 13.8 Å². The number of carbonyl (C=O) groups excluding carboxylic acids is 1. The van der Waals surface area contributed by atoms with Gasteiger partial charge in [-0.3, -0.25) is 0 Å². The summed E-state index contributed by atoms with van der Waals surface area (Å²) in [5.74, 6) is -0.343. The molecule has 0 saturated heterocycles. The lowest BCUT2D eigenvalue weighted by atomic mass is 10.1. The first-order chi connectivity index (χ1) is 9.73. The average molecular weight is 345 g/mol. The Labute approximate surface area is 127 Å². The van der Waals surface area contributed by atoms with Crippen LogP contribution in [0.4, 0.5) is 18.0 Å². The van der Waals surface area contributed by atoms with Gasteiger partial charge in [0.05, 0.1) is 6.04 Å². The third kappa shape index (κ3) is 4.79. The Bertz CT molecular complexity index is 562. The SMILES string of the molecule is C[C@@H]1C=C(OS(=O)(=O)C(F)(F)F)CCN1C(=O)OC(C)(C)C. The maximum Gasteiger partial charge on any atom is 0.534 e. The zero-order chi connectivity index (χ0) is 17.3. The molecule has 0 unspecified atom stereocenters. The molecule has 1 amide bonds. The van der Waals surface area contributed by atoms with Crippen LogP contribution in [0.2, 0.25) is 0 Å². The second-order valence-corrected chi connectivity index (χ2v) is 7.32. The highest BCUT2D eigenvalue weighted by Gasteiger charge is 2.49. The number of amides is 1. The maximum atomic E-state index is 12.3. The molecule has 10 heteroatoms. The van der Waals surface area contributed by atoms with Crippen molar-refractivity contribution in [2.24, 2.45) is 0 Å². The van der Waals surface area contributed by atoms with Crippen LogP contribution in [0.15, 0.2) is 11.8 Å². The Kier molecular flexibility index (Phi) is 5.05. The number of hydrogen-bond donors (Lipinski definition) is 0. The van der Waals surface area contributed by atoms with Crippen LogP contribution in [0, 0.1) is 0 Å². The zero-order valence-corrected chi connectivity index (χ0v) is 13.4. The molecule has 1 aliphatic rings. The van der Waals surface area contributed by atoms with E-state index in [-0.39, 0.29) is 18.7 Å². The number of nitrogens with zero attached hydrogens (tertiary/aromatic N) is 1. The van der Waals surface area contributed by atoms with Crippen molar-refractivity contribution in [3.63, 3.8) is 0 Å². The summed E-state index contributed by atoms with van der Waals surface area (Å²) < 4.78 is 67.9. The molecule has 22 heavy (non-hydrogen) atoms. The minimum atomic E-state index is -5.69. The van der Waals surface area contributed by atoms with E-state index in [9.17, 15) is 26.4 Å². The van der Waals surface area contributed by atoms with Crippen LogP contribution in [0.5, 0.6) is 0 Å². The summed E-state index contributed by atoms with van der Waals surface area (Å²) in [6, 6.07) is -0.651. The Balaban J connectivity index is 2.80. The average Bonchev–Trinajstić information content (AvgIpc) is 2.23. The van der Waals surface area contributed by atoms with Crippen molar-refractivity contribution in [1.82, 2.24) is 4.90 Å². The smallest absolute Gasteiger partial charge is 0.444 e. The van der Waals surface area contributed by atoms with Crippen molar-refractivity contribution in [2.45, 2.75) is 51.3 Å². The Hall–Kier alpha value is -1.45. The highest BCUT2D eigenvalue weighted by molar-refractivity contribution is 7.87. The van der Waals surface area contributed by atoms with Gasteiger partial charge in [0.2, 0.25) is 0 Å². The van der Waals surface area contributed by atoms with E-state index in [1.807, 2.05) is 0 Å². The van der Waals surface area contributed by atoms with Gasteiger partial charge in [0.1, 0.15) is 11.4 Å². The lowest BCUT2D eigenvalue weighted by Crippen LogP contribution is -2.44. The number of halogens is 3. The highest BCUT2D eigenvalue weighted by atomic mass is 32.2. The van der Waals surface area contributed by atoms with Gasteiger partial charge in [-0.25, -0.2) is 4.79 Å². The van der Waals surface area contributed by atoms with Crippen LogP contribution >= 0.6 is 0 Å². The Morgan fingerprint density at radius 1 is 1.32 bits per heavy atom. The summed E-state index contributed by atoms with van der Waals surface area (Å²) >= 11 is 0. The second-order valence-electron chi connectivity index (χ2n) is 5.78. The molecular formula is C12H18F3NO5S. The molecule has 0 aliphatic carbocycles. The molecule has 0 radical (unpaired) electrons. The Morgan fingerprint density at radius 3 is 2.27 bits per heavy atom. The van der Waals surface area contributed by atoms with Gasteiger partial charge in [-0.15, -0.1) is 0 Å². The van der Waals surface area contributed by atoms with Gasteiger partial charge in [-0.2, -0.15) is 21.6 Å². The summed E-state index contributed by atoms with van der Waals surface area (Å²) in [7, 11) is -5.69. The van der Waals surface area contributed by atoms with Crippen LogP contribution in [-0.4, -0.2) is 43.1 Å². The molecule has 1 heterocycles. The molecule has 0 aromatic carbocycles. The van der Waals surface area contributed by atoms with Gasteiger partial charge >= 0.3 is 21.7 Å². The fourth-order valence-corrected chi connectivity index (χ4v) is 2.23. The number of hydrogen-bond acceptors (Lipinski definition) is 5. The lowest BCUT2D eigenvalue weighted by molar-refractivity contribution is -0.0526. The van der Waals surface area contributed by atoms with E-state index in [0.29, 0.717) is 0 Å². The first-order valence-corrected chi connectivity index (χ1v) is 7.85. The van der Waals surface area contributed by atoms with Crippen molar-refractivity contribution in [3.05, 3.63) is 11.8 Å². The van der Waals surface area contributed by atoms with Crippen LogP contribution in [0.1, 0.15) is 34.1 Å². The molecule has 0 spiro atoms. The van der Waals surface area contributed by atoms with Crippen molar-refractivity contribution in [3.8, 4) is 0 Å². The van der Waals surface area contributed by atoms with Crippen LogP contribution < -0.4 is 0 Å². The summed E-state index contributed by atoms with van der Waals surface area (Å²) in [6.07, 6.45) is 0.365. The Morgan fingerprint density at radius 2 is 1.86 bits per heavy atom. The summed E-state index contributed by atoms with van der Waals surface area (Å²) in [5.41, 5.74) is -6.20. The fourth-order valence-electron chi connectivity index (χ4n) is 1.71. The fraction of sp³-hybridized carbons (Fsp3) is 0.750. The van der Waals surface area contributed by atoms with E-state index in [4.69, 9.17) is 4.74 Å². The number of ether oxygens (including phenoxy) is 1. The highest BCUT2D eigenvalue weighted by Crippen LogP contribution is 2.29. The quantitative estimate of drug-likeness (QED) is 0.568. The molecule has 128 valence electrons. The largest absolute Gasteiger partial charge is 0.534 e. The molecule has 1 atom stereocenters. The van der Waals surface area contributed by atoms with Gasteiger partial charge in [0.15, 0.2) is 0 Å². The molecule has 6 nitrogen and oxygen atoms in total. The standard InChI is InChI=1S/C12H18F3NO5S/c1-8-7-9(21-22(18,19)12(13,14)15)5-6-16(8)10(17)20-11(2,3)4/h7-8H,5-6H2,1-4H3/t8-/m1/s1.